The van der Waals surface area contributed by atoms with Crippen molar-refractivity contribution in [1.29, 1.82) is 0 Å². The van der Waals surface area contributed by atoms with E-state index in [0.29, 0.717) is 5.88 Å². The second-order valence-electron chi connectivity index (χ2n) is 2.65. The predicted molar refractivity (Wildman–Crippen MR) is 49.1 cm³/mol. The standard InChI is InChI=1S/C8H8BNO3/c11-9(12)13-8-7-4-2-1-3-6(7)5-10-8/h1-5,10-12H. The summed E-state index contributed by atoms with van der Waals surface area (Å²) in [4.78, 5) is 2.80. The molecule has 0 aliphatic heterocycles. The Morgan fingerprint density at radius 1 is 1.23 bits per heavy atom. The van der Waals surface area contributed by atoms with Gasteiger partial charge in [0.2, 0.25) is 0 Å². The molecule has 4 nitrogen and oxygen atoms in total. The van der Waals surface area contributed by atoms with Gasteiger partial charge in [-0.15, -0.1) is 0 Å². The predicted octanol–water partition coefficient (Wildman–Crippen LogP) is 0.516. The summed E-state index contributed by atoms with van der Waals surface area (Å²) in [5.74, 6) is 0.366. The highest BCUT2D eigenvalue weighted by Crippen LogP contribution is 2.23. The Bertz CT molecular complexity index is 412. The molecule has 0 radical (unpaired) electrons. The Morgan fingerprint density at radius 3 is 2.77 bits per heavy atom. The third kappa shape index (κ3) is 1.51. The van der Waals surface area contributed by atoms with Gasteiger partial charge in [-0.2, -0.15) is 0 Å². The minimum Gasteiger partial charge on any atom is -0.498 e. The molecule has 1 aromatic carbocycles. The zero-order valence-corrected chi connectivity index (χ0v) is 6.77. The second kappa shape index (κ2) is 3.12. The van der Waals surface area contributed by atoms with E-state index in [-0.39, 0.29) is 0 Å². The molecule has 0 atom stereocenters. The number of aromatic amines is 1. The van der Waals surface area contributed by atoms with Crippen LogP contribution in [-0.4, -0.2) is 22.4 Å². The maximum absolute atomic E-state index is 8.60. The Hall–Kier alpha value is -1.46. The second-order valence-corrected chi connectivity index (χ2v) is 2.65. The lowest BCUT2D eigenvalue weighted by molar-refractivity contribution is 0.285. The molecule has 5 heteroatoms. The Morgan fingerprint density at radius 2 is 2.00 bits per heavy atom. The first-order chi connectivity index (χ1) is 6.27. The molecule has 0 spiro atoms. The Balaban J connectivity index is 2.46. The van der Waals surface area contributed by atoms with Gasteiger partial charge in [0.25, 0.3) is 0 Å². The van der Waals surface area contributed by atoms with Gasteiger partial charge in [-0.05, 0) is 6.07 Å². The molecule has 2 rings (SSSR count). The molecule has 0 bridgehead atoms. The van der Waals surface area contributed by atoms with Crippen LogP contribution < -0.4 is 4.65 Å². The summed E-state index contributed by atoms with van der Waals surface area (Å²) in [6.45, 7) is 0. The van der Waals surface area contributed by atoms with Crippen molar-refractivity contribution in [1.82, 2.24) is 4.98 Å². The van der Waals surface area contributed by atoms with Gasteiger partial charge in [0.1, 0.15) is 0 Å². The van der Waals surface area contributed by atoms with Crippen molar-refractivity contribution in [2.45, 2.75) is 0 Å². The molecule has 0 saturated carbocycles. The maximum Gasteiger partial charge on any atom is 0.708 e. The molecule has 1 heterocycles. The monoisotopic (exact) mass is 177 g/mol. The number of nitrogens with one attached hydrogen (secondary N) is 1. The van der Waals surface area contributed by atoms with Crippen LogP contribution in [0.2, 0.25) is 0 Å². The summed E-state index contributed by atoms with van der Waals surface area (Å²) in [6.07, 6.45) is 1.74. The first kappa shape index (κ1) is 8.16. The Labute approximate surface area is 75.0 Å². The summed E-state index contributed by atoms with van der Waals surface area (Å²) in [6, 6.07) is 7.49. The van der Waals surface area contributed by atoms with Crippen LogP contribution in [0.4, 0.5) is 0 Å². The summed E-state index contributed by atoms with van der Waals surface area (Å²) in [7, 11) is -1.79. The van der Waals surface area contributed by atoms with Crippen molar-refractivity contribution in [3.8, 4) is 5.88 Å². The van der Waals surface area contributed by atoms with Gasteiger partial charge in [0.05, 0.1) is 0 Å². The van der Waals surface area contributed by atoms with Crippen LogP contribution in [0.1, 0.15) is 0 Å². The third-order valence-electron chi connectivity index (χ3n) is 1.79. The van der Waals surface area contributed by atoms with Gasteiger partial charge in [0.15, 0.2) is 5.88 Å². The van der Waals surface area contributed by atoms with Crippen LogP contribution in [0.25, 0.3) is 10.8 Å². The fourth-order valence-electron chi connectivity index (χ4n) is 1.25. The van der Waals surface area contributed by atoms with Crippen molar-refractivity contribution in [3.63, 3.8) is 0 Å². The molecule has 66 valence electrons. The largest absolute Gasteiger partial charge is 0.708 e. The SMILES string of the molecule is OB(O)Oc1[nH]cc2ccccc12. The number of H-pyrrole nitrogens is 1. The topological polar surface area (TPSA) is 65.5 Å². The van der Waals surface area contributed by atoms with Gasteiger partial charge in [-0.3, -0.25) is 0 Å². The van der Waals surface area contributed by atoms with Crippen LogP contribution in [0, 0.1) is 0 Å². The fourth-order valence-corrected chi connectivity index (χ4v) is 1.25. The van der Waals surface area contributed by atoms with Crippen molar-refractivity contribution in [3.05, 3.63) is 30.5 Å². The highest BCUT2D eigenvalue weighted by molar-refractivity contribution is 6.34. The van der Waals surface area contributed by atoms with Gasteiger partial charge in [-0.25, -0.2) is 0 Å². The molecule has 1 aromatic heterocycles. The highest BCUT2D eigenvalue weighted by Gasteiger charge is 2.13. The van der Waals surface area contributed by atoms with Gasteiger partial charge in [-0.1, -0.05) is 18.2 Å². The zero-order chi connectivity index (χ0) is 9.26. The number of aromatic nitrogens is 1. The third-order valence-corrected chi connectivity index (χ3v) is 1.79. The van der Waals surface area contributed by atoms with E-state index in [1.54, 1.807) is 6.20 Å². The molecular weight excluding hydrogens is 169 g/mol. The molecule has 0 aliphatic rings. The maximum atomic E-state index is 8.60. The van der Waals surface area contributed by atoms with Gasteiger partial charge >= 0.3 is 7.32 Å². The van der Waals surface area contributed by atoms with Gasteiger partial charge in [0, 0.05) is 17.0 Å². The van der Waals surface area contributed by atoms with Crippen LogP contribution >= 0.6 is 0 Å². The van der Waals surface area contributed by atoms with E-state index in [9.17, 15) is 0 Å². The quantitative estimate of drug-likeness (QED) is 0.585. The molecule has 0 amide bonds. The average molecular weight is 177 g/mol. The number of rotatable bonds is 2. The first-order valence-electron chi connectivity index (χ1n) is 3.86. The molecule has 13 heavy (non-hydrogen) atoms. The van der Waals surface area contributed by atoms with Gasteiger partial charge < -0.3 is 19.7 Å². The molecule has 2 aromatic rings. The lowest BCUT2D eigenvalue weighted by Gasteiger charge is -2.01. The van der Waals surface area contributed by atoms with E-state index in [4.69, 9.17) is 14.7 Å². The van der Waals surface area contributed by atoms with E-state index < -0.39 is 7.32 Å². The minimum atomic E-state index is -1.79. The lowest BCUT2D eigenvalue weighted by atomic mass is 10.2. The molecule has 0 aliphatic carbocycles. The number of hydrogen-bond acceptors (Lipinski definition) is 3. The molecular formula is C8H8BNO3. The number of hydrogen-bond donors (Lipinski definition) is 3. The highest BCUT2D eigenvalue weighted by atomic mass is 16.6. The smallest absolute Gasteiger partial charge is 0.498 e. The van der Waals surface area contributed by atoms with Crippen LogP contribution in [0.15, 0.2) is 30.5 Å². The zero-order valence-electron chi connectivity index (χ0n) is 6.77. The van der Waals surface area contributed by atoms with Crippen molar-refractivity contribution in [2.24, 2.45) is 0 Å². The van der Waals surface area contributed by atoms with E-state index >= 15 is 0 Å². The number of benzene rings is 1. The average Bonchev–Trinajstić information content (AvgIpc) is 2.48. The molecule has 0 saturated heterocycles. The summed E-state index contributed by atoms with van der Waals surface area (Å²) in [5, 5.41) is 19.0. The van der Waals surface area contributed by atoms with Crippen molar-refractivity contribution in [2.75, 3.05) is 0 Å². The van der Waals surface area contributed by atoms with Crippen LogP contribution in [0.3, 0.4) is 0 Å². The molecule has 3 N–H and O–H groups in total. The van der Waals surface area contributed by atoms with E-state index in [2.05, 4.69) is 4.98 Å². The minimum absolute atomic E-state index is 0.366. The van der Waals surface area contributed by atoms with E-state index in [1.807, 2.05) is 24.3 Å². The van der Waals surface area contributed by atoms with E-state index in [0.717, 1.165) is 10.8 Å². The summed E-state index contributed by atoms with van der Waals surface area (Å²) < 4.78 is 4.72. The van der Waals surface area contributed by atoms with E-state index in [1.165, 1.54) is 0 Å². The molecule has 0 unspecified atom stereocenters. The first-order valence-corrected chi connectivity index (χ1v) is 3.86. The van der Waals surface area contributed by atoms with Crippen LogP contribution in [-0.2, 0) is 0 Å². The summed E-state index contributed by atoms with van der Waals surface area (Å²) >= 11 is 0. The normalized spacial score (nSPS) is 10.3. The molecule has 0 fully saturated rings. The van der Waals surface area contributed by atoms with Crippen molar-refractivity contribution >= 4 is 18.1 Å². The van der Waals surface area contributed by atoms with Crippen molar-refractivity contribution < 1.29 is 14.7 Å². The Kier molecular flexibility index (Phi) is 1.96. The van der Waals surface area contributed by atoms with Crippen LogP contribution in [0.5, 0.6) is 5.88 Å². The fraction of sp³-hybridized carbons (Fsp3) is 0. The number of fused-ring (bicyclic) bond motifs is 1. The lowest BCUT2D eigenvalue weighted by Crippen LogP contribution is -2.20. The summed E-state index contributed by atoms with van der Waals surface area (Å²) in [5.41, 5.74) is 0.